The fourth-order valence-electron chi connectivity index (χ4n) is 2.48. The van der Waals surface area contributed by atoms with Crippen LogP contribution in [0.25, 0.3) is 0 Å². The third kappa shape index (κ3) is 1.70. The molecule has 0 spiro atoms. The maximum absolute atomic E-state index is 11.5. The zero-order valence-corrected chi connectivity index (χ0v) is 8.79. The Balaban J connectivity index is 2.04. The van der Waals surface area contributed by atoms with E-state index in [0.29, 0.717) is 5.92 Å². The Labute approximate surface area is 85.3 Å². The summed E-state index contributed by atoms with van der Waals surface area (Å²) >= 11 is 0. The lowest BCUT2D eigenvalue weighted by atomic mass is 9.84. The van der Waals surface area contributed by atoms with Crippen molar-refractivity contribution in [3.05, 3.63) is 11.6 Å². The van der Waals surface area contributed by atoms with E-state index in [0.717, 1.165) is 24.8 Å². The number of esters is 1. The molecule has 2 heteroatoms. The van der Waals surface area contributed by atoms with E-state index in [-0.39, 0.29) is 12.1 Å². The lowest BCUT2D eigenvalue weighted by molar-refractivity contribution is -0.139. The van der Waals surface area contributed by atoms with Crippen LogP contribution in [0.4, 0.5) is 0 Å². The summed E-state index contributed by atoms with van der Waals surface area (Å²) in [6, 6.07) is 0. The van der Waals surface area contributed by atoms with Crippen molar-refractivity contribution in [2.24, 2.45) is 5.92 Å². The summed E-state index contributed by atoms with van der Waals surface area (Å²) in [5, 5.41) is 0. The molecule has 0 aromatic heterocycles. The van der Waals surface area contributed by atoms with Crippen molar-refractivity contribution in [3.8, 4) is 0 Å². The molecule has 78 valence electrons. The van der Waals surface area contributed by atoms with E-state index < -0.39 is 0 Å². The second-order valence-corrected chi connectivity index (χ2v) is 4.28. The smallest absolute Gasteiger partial charge is 0.334 e. The third-order valence-corrected chi connectivity index (χ3v) is 3.27. The van der Waals surface area contributed by atoms with Crippen LogP contribution in [0.15, 0.2) is 11.6 Å². The molecule has 2 rings (SSSR count). The first-order valence-corrected chi connectivity index (χ1v) is 5.74. The molecule has 0 aromatic rings. The maximum Gasteiger partial charge on any atom is 0.334 e. The van der Waals surface area contributed by atoms with Gasteiger partial charge in [-0.1, -0.05) is 25.8 Å². The normalized spacial score (nSPS) is 30.9. The molecule has 1 aliphatic heterocycles. The molecular formula is C12H18O2. The lowest BCUT2D eigenvalue weighted by Gasteiger charge is -2.19. The van der Waals surface area contributed by atoms with E-state index in [2.05, 4.69) is 13.0 Å². The molecular weight excluding hydrogens is 176 g/mol. The second-order valence-electron chi connectivity index (χ2n) is 4.28. The molecule has 0 unspecified atom stereocenters. The van der Waals surface area contributed by atoms with Crippen molar-refractivity contribution in [2.45, 2.75) is 51.6 Å². The average Bonchev–Trinajstić information content (AvgIpc) is 2.54. The van der Waals surface area contributed by atoms with Crippen LogP contribution in [-0.2, 0) is 9.53 Å². The molecule has 1 heterocycles. The molecule has 2 nitrogen and oxygen atoms in total. The first-order valence-electron chi connectivity index (χ1n) is 5.74. The van der Waals surface area contributed by atoms with Crippen LogP contribution in [0.2, 0.25) is 0 Å². The number of cyclic esters (lactones) is 1. The first kappa shape index (κ1) is 9.75. The van der Waals surface area contributed by atoms with Gasteiger partial charge in [0, 0.05) is 11.5 Å². The van der Waals surface area contributed by atoms with Gasteiger partial charge in [0.1, 0.15) is 6.10 Å². The molecule has 0 saturated carbocycles. The summed E-state index contributed by atoms with van der Waals surface area (Å²) in [5.74, 6) is 0.374. The van der Waals surface area contributed by atoms with Crippen LogP contribution < -0.4 is 0 Å². The van der Waals surface area contributed by atoms with Crippen molar-refractivity contribution >= 4 is 5.97 Å². The highest BCUT2D eigenvalue weighted by atomic mass is 16.6. The van der Waals surface area contributed by atoms with Crippen LogP contribution in [0.5, 0.6) is 0 Å². The van der Waals surface area contributed by atoms with Gasteiger partial charge in [0.05, 0.1) is 0 Å². The highest BCUT2D eigenvalue weighted by molar-refractivity contribution is 5.91. The number of hydrogen-bond donors (Lipinski definition) is 0. The summed E-state index contributed by atoms with van der Waals surface area (Å²) in [6.45, 7) is 2.17. The van der Waals surface area contributed by atoms with Crippen LogP contribution in [0, 0.1) is 5.92 Å². The topological polar surface area (TPSA) is 26.3 Å². The maximum atomic E-state index is 11.5. The fourth-order valence-corrected chi connectivity index (χ4v) is 2.48. The molecule has 0 aromatic carbocycles. The Bertz CT molecular complexity index is 255. The van der Waals surface area contributed by atoms with Gasteiger partial charge >= 0.3 is 5.97 Å². The monoisotopic (exact) mass is 194 g/mol. The number of unbranched alkanes of at least 4 members (excludes halogenated alkanes) is 1. The minimum Gasteiger partial charge on any atom is -0.458 e. The highest BCUT2D eigenvalue weighted by Gasteiger charge is 2.39. The highest BCUT2D eigenvalue weighted by Crippen LogP contribution is 2.37. The van der Waals surface area contributed by atoms with E-state index >= 15 is 0 Å². The van der Waals surface area contributed by atoms with Crippen molar-refractivity contribution < 1.29 is 9.53 Å². The van der Waals surface area contributed by atoms with Gasteiger partial charge < -0.3 is 4.74 Å². The largest absolute Gasteiger partial charge is 0.458 e. The molecule has 2 atom stereocenters. The Morgan fingerprint density at radius 2 is 2.43 bits per heavy atom. The number of rotatable bonds is 3. The van der Waals surface area contributed by atoms with Crippen molar-refractivity contribution in [1.82, 2.24) is 0 Å². The third-order valence-electron chi connectivity index (χ3n) is 3.27. The summed E-state index contributed by atoms with van der Waals surface area (Å²) in [7, 11) is 0. The quantitative estimate of drug-likeness (QED) is 0.646. The molecule has 14 heavy (non-hydrogen) atoms. The van der Waals surface area contributed by atoms with E-state index in [1.165, 1.54) is 19.3 Å². The van der Waals surface area contributed by atoms with E-state index in [1.807, 2.05) is 0 Å². The van der Waals surface area contributed by atoms with Gasteiger partial charge in [-0.25, -0.2) is 4.79 Å². The SMILES string of the molecule is CCCC[C@H]1OC(=O)C2=CCCC[C@H]21. The first-order chi connectivity index (χ1) is 6.83. The summed E-state index contributed by atoms with van der Waals surface area (Å²) < 4.78 is 5.40. The number of allylic oxidation sites excluding steroid dienone is 1. The Kier molecular flexibility index (Phi) is 2.90. The number of ether oxygens (including phenoxy) is 1. The standard InChI is InChI=1S/C12H18O2/c1-2-3-8-11-9-6-4-5-7-10(9)12(13)14-11/h7,9,11H,2-6,8H2,1H3/t9-,11-/m1/s1. The van der Waals surface area contributed by atoms with Crippen molar-refractivity contribution in [1.29, 1.82) is 0 Å². The van der Waals surface area contributed by atoms with E-state index in [1.54, 1.807) is 0 Å². The molecule has 0 radical (unpaired) electrons. The van der Waals surface area contributed by atoms with Crippen LogP contribution in [0.1, 0.15) is 45.4 Å². The van der Waals surface area contributed by atoms with Crippen molar-refractivity contribution in [2.75, 3.05) is 0 Å². The molecule has 1 aliphatic carbocycles. The van der Waals surface area contributed by atoms with Gasteiger partial charge in [0.15, 0.2) is 0 Å². The van der Waals surface area contributed by atoms with Crippen LogP contribution in [-0.4, -0.2) is 12.1 Å². The Morgan fingerprint density at radius 3 is 3.21 bits per heavy atom. The van der Waals surface area contributed by atoms with Gasteiger partial charge in [-0.3, -0.25) is 0 Å². The van der Waals surface area contributed by atoms with Crippen LogP contribution >= 0.6 is 0 Å². The molecule has 0 amide bonds. The van der Waals surface area contributed by atoms with Gasteiger partial charge in [-0.2, -0.15) is 0 Å². The second kappa shape index (κ2) is 4.16. The number of carbonyl (C=O) groups excluding carboxylic acids is 1. The Morgan fingerprint density at radius 1 is 1.57 bits per heavy atom. The van der Waals surface area contributed by atoms with Crippen LogP contribution in [0.3, 0.4) is 0 Å². The molecule has 2 aliphatic rings. The van der Waals surface area contributed by atoms with Gasteiger partial charge in [0.2, 0.25) is 0 Å². The lowest BCUT2D eigenvalue weighted by Crippen LogP contribution is -2.18. The number of carbonyl (C=O) groups is 1. The van der Waals surface area contributed by atoms with Gasteiger partial charge in [0.25, 0.3) is 0 Å². The minimum absolute atomic E-state index is 0.0456. The predicted molar refractivity (Wildman–Crippen MR) is 54.8 cm³/mol. The summed E-state index contributed by atoms with van der Waals surface area (Å²) in [6.07, 6.45) is 9.09. The number of hydrogen-bond acceptors (Lipinski definition) is 2. The molecule has 0 N–H and O–H groups in total. The van der Waals surface area contributed by atoms with E-state index in [9.17, 15) is 4.79 Å². The van der Waals surface area contributed by atoms with Crippen molar-refractivity contribution in [3.63, 3.8) is 0 Å². The summed E-state index contributed by atoms with van der Waals surface area (Å²) in [5.41, 5.74) is 0.970. The molecule has 1 saturated heterocycles. The number of fused-ring (bicyclic) bond motifs is 1. The fraction of sp³-hybridized carbons (Fsp3) is 0.750. The zero-order valence-electron chi connectivity index (χ0n) is 8.79. The minimum atomic E-state index is -0.0456. The van der Waals surface area contributed by atoms with Gasteiger partial charge in [-0.15, -0.1) is 0 Å². The Hall–Kier alpha value is -0.790. The van der Waals surface area contributed by atoms with E-state index in [4.69, 9.17) is 4.74 Å². The van der Waals surface area contributed by atoms with Gasteiger partial charge in [-0.05, 0) is 25.7 Å². The summed E-state index contributed by atoms with van der Waals surface area (Å²) in [4.78, 5) is 11.5. The zero-order chi connectivity index (χ0) is 9.97. The predicted octanol–water partition coefficient (Wildman–Crippen LogP) is 2.83. The molecule has 1 fully saturated rings. The molecule has 0 bridgehead atoms. The average molecular weight is 194 g/mol.